The molecule has 98 valence electrons. The van der Waals surface area contributed by atoms with Gasteiger partial charge in [-0.25, -0.2) is 9.97 Å². The van der Waals surface area contributed by atoms with Crippen LogP contribution in [-0.4, -0.2) is 41.0 Å². The molecule has 1 aliphatic rings. The first-order valence-electron chi connectivity index (χ1n) is 6.11. The summed E-state index contributed by atoms with van der Waals surface area (Å²) in [5.41, 5.74) is 1.48. The molecule has 5 nitrogen and oxygen atoms in total. The van der Waals surface area contributed by atoms with Crippen molar-refractivity contribution in [2.75, 3.05) is 30.4 Å². The predicted molar refractivity (Wildman–Crippen MR) is 74.3 cm³/mol. The van der Waals surface area contributed by atoms with Crippen molar-refractivity contribution in [2.45, 2.75) is 19.8 Å². The molecule has 1 amide bonds. The molecule has 1 aliphatic heterocycles. The van der Waals surface area contributed by atoms with Crippen LogP contribution in [0, 0.1) is 6.92 Å². The van der Waals surface area contributed by atoms with E-state index in [9.17, 15) is 4.79 Å². The van der Waals surface area contributed by atoms with Crippen LogP contribution >= 0.6 is 11.8 Å². The number of hydrogen-bond acceptors (Lipinski definition) is 5. The number of nitrogens with zero attached hydrogens (tertiary/aromatic N) is 2. The summed E-state index contributed by atoms with van der Waals surface area (Å²) >= 11 is 1.83. The molecule has 0 saturated carbocycles. The Morgan fingerprint density at radius 3 is 3.06 bits per heavy atom. The fourth-order valence-electron chi connectivity index (χ4n) is 1.97. The van der Waals surface area contributed by atoms with Crippen LogP contribution in [-0.2, 0) is 6.42 Å². The highest BCUT2D eigenvalue weighted by Crippen LogP contribution is 2.20. The number of rotatable bonds is 5. The number of hydrogen-bond donors (Lipinski definition) is 2. The molecule has 2 heterocycles. The Morgan fingerprint density at radius 1 is 1.44 bits per heavy atom. The van der Waals surface area contributed by atoms with Crippen molar-refractivity contribution < 1.29 is 4.79 Å². The van der Waals surface area contributed by atoms with Gasteiger partial charge in [-0.3, -0.25) is 4.79 Å². The van der Waals surface area contributed by atoms with Crippen LogP contribution in [0.2, 0.25) is 0 Å². The number of nitrogens with one attached hydrogen (secondary N) is 2. The third-order valence-corrected chi connectivity index (χ3v) is 3.51. The van der Waals surface area contributed by atoms with E-state index in [2.05, 4.69) is 26.9 Å². The SMILES string of the molecule is CSCCCNc1nc(C)nc2c1CCNC2=O. The van der Waals surface area contributed by atoms with Gasteiger partial charge in [0.2, 0.25) is 0 Å². The fourth-order valence-corrected chi connectivity index (χ4v) is 2.41. The van der Waals surface area contributed by atoms with E-state index in [0.29, 0.717) is 18.1 Å². The molecule has 0 atom stereocenters. The maximum Gasteiger partial charge on any atom is 0.270 e. The minimum Gasteiger partial charge on any atom is -0.370 e. The van der Waals surface area contributed by atoms with Gasteiger partial charge in [0.1, 0.15) is 17.3 Å². The molecule has 0 saturated heterocycles. The zero-order chi connectivity index (χ0) is 13.0. The number of anilines is 1. The first kappa shape index (κ1) is 13.1. The average Bonchev–Trinajstić information content (AvgIpc) is 2.36. The van der Waals surface area contributed by atoms with Crippen molar-refractivity contribution in [1.82, 2.24) is 15.3 Å². The summed E-state index contributed by atoms with van der Waals surface area (Å²) in [6, 6.07) is 0. The number of fused-ring (bicyclic) bond motifs is 1. The molecule has 0 radical (unpaired) electrons. The second-order valence-corrected chi connectivity index (χ2v) is 5.21. The van der Waals surface area contributed by atoms with Gasteiger partial charge in [-0.1, -0.05) is 0 Å². The van der Waals surface area contributed by atoms with Crippen molar-refractivity contribution in [2.24, 2.45) is 0 Å². The molecule has 1 aromatic rings. The van der Waals surface area contributed by atoms with Crippen molar-refractivity contribution in [3.63, 3.8) is 0 Å². The first-order valence-corrected chi connectivity index (χ1v) is 7.50. The molecular formula is C12H18N4OS. The molecule has 18 heavy (non-hydrogen) atoms. The van der Waals surface area contributed by atoms with E-state index in [1.165, 1.54) is 0 Å². The van der Waals surface area contributed by atoms with Crippen LogP contribution in [0.25, 0.3) is 0 Å². The highest BCUT2D eigenvalue weighted by Gasteiger charge is 2.22. The molecule has 1 aromatic heterocycles. The summed E-state index contributed by atoms with van der Waals surface area (Å²) < 4.78 is 0. The minimum atomic E-state index is -0.0890. The molecule has 0 unspecified atom stereocenters. The summed E-state index contributed by atoms with van der Waals surface area (Å²) in [5.74, 6) is 2.50. The second kappa shape index (κ2) is 6.04. The van der Waals surface area contributed by atoms with E-state index in [4.69, 9.17) is 0 Å². The van der Waals surface area contributed by atoms with Crippen molar-refractivity contribution in [1.29, 1.82) is 0 Å². The monoisotopic (exact) mass is 266 g/mol. The maximum absolute atomic E-state index is 11.7. The Balaban J connectivity index is 2.16. The average molecular weight is 266 g/mol. The zero-order valence-electron chi connectivity index (χ0n) is 10.7. The van der Waals surface area contributed by atoms with Gasteiger partial charge in [0.15, 0.2) is 0 Å². The minimum absolute atomic E-state index is 0.0890. The Labute approximate surface area is 111 Å². The Bertz CT molecular complexity index is 450. The number of carbonyl (C=O) groups is 1. The predicted octanol–water partition coefficient (Wildman–Crippen LogP) is 1.24. The van der Waals surface area contributed by atoms with Crippen molar-refractivity contribution in [3.8, 4) is 0 Å². The molecule has 0 bridgehead atoms. The normalized spacial score (nSPS) is 14.0. The van der Waals surface area contributed by atoms with Gasteiger partial charge in [0, 0.05) is 18.7 Å². The third kappa shape index (κ3) is 2.93. The van der Waals surface area contributed by atoms with Gasteiger partial charge < -0.3 is 10.6 Å². The first-order chi connectivity index (χ1) is 8.72. The van der Waals surface area contributed by atoms with Crippen molar-refractivity contribution >= 4 is 23.5 Å². The number of aromatic nitrogens is 2. The van der Waals surface area contributed by atoms with Crippen LogP contribution in [0.5, 0.6) is 0 Å². The van der Waals surface area contributed by atoms with E-state index in [1.807, 2.05) is 18.7 Å². The molecule has 2 rings (SSSR count). The van der Waals surface area contributed by atoms with Crippen molar-refractivity contribution in [3.05, 3.63) is 17.1 Å². The summed E-state index contributed by atoms with van der Waals surface area (Å²) in [6.45, 7) is 3.36. The van der Waals surface area contributed by atoms with Crippen LogP contribution < -0.4 is 10.6 Å². The number of thioether (sulfide) groups is 1. The van der Waals surface area contributed by atoms with E-state index in [1.54, 1.807) is 0 Å². The molecule has 0 aromatic carbocycles. The molecule has 0 aliphatic carbocycles. The lowest BCUT2D eigenvalue weighted by Crippen LogP contribution is -2.34. The van der Waals surface area contributed by atoms with Gasteiger partial charge in [-0.15, -0.1) is 0 Å². The highest BCUT2D eigenvalue weighted by atomic mass is 32.2. The smallest absolute Gasteiger partial charge is 0.270 e. The van der Waals surface area contributed by atoms with E-state index < -0.39 is 0 Å². The van der Waals surface area contributed by atoms with Crippen LogP contribution in [0.1, 0.15) is 28.3 Å². The molecule has 0 fully saturated rings. The summed E-state index contributed by atoms with van der Waals surface area (Å²) in [5, 5.41) is 6.13. The lowest BCUT2D eigenvalue weighted by molar-refractivity contribution is 0.0940. The quantitative estimate of drug-likeness (QED) is 0.785. The van der Waals surface area contributed by atoms with Gasteiger partial charge in [0.25, 0.3) is 5.91 Å². The number of aryl methyl sites for hydroxylation is 1. The third-order valence-electron chi connectivity index (χ3n) is 2.81. The van der Waals surface area contributed by atoms with Crippen LogP contribution in [0.15, 0.2) is 0 Å². The number of amides is 1. The Morgan fingerprint density at radius 2 is 2.28 bits per heavy atom. The molecular weight excluding hydrogens is 248 g/mol. The van der Waals surface area contributed by atoms with Crippen LogP contribution in [0.3, 0.4) is 0 Å². The van der Waals surface area contributed by atoms with E-state index in [0.717, 1.165) is 36.5 Å². The van der Waals surface area contributed by atoms with Gasteiger partial charge in [0.05, 0.1) is 0 Å². The largest absolute Gasteiger partial charge is 0.370 e. The van der Waals surface area contributed by atoms with Gasteiger partial charge in [-0.05, 0) is 31.8 Å². The summed E-state index contributed by atoms with van der Waals surface area (Å²) in [7, 11) is 0. The molecule has 0 spiro atoms. The van der Waals surface area contributed by atoms with Gasteiger partial charge in [-0.2, -0.15) is 11.8 Å². The van der Waals surface area contributed by atoms with Gasteiger partial charge >= 0.3 is 0 Å². The zero-order valence-corrected chi connectivity index (χ0v) is 11.6. The highest BCUT2D eigenvalue weighted by molar-refractivity contribution is 7.98. The fraction of sp³-hybridized carbons (Fsp3) is 0.583. The maximum atomic E-state index is 11.7. The van der Waals surface area contributed by atoms with E-state index in [-0.39, 0.29) is 5.91 Å². The standard InChI is InChI=1S/C12H18N4OS/c1-8-15-10-9(4-6-14-12(10)17)11(16-8)13-5-3-7-18-2/h3-7H2,1-2H3,(H,14,17)(H,13,15,16). The second-order valence-electron chi connectivity index (χ2n) is 4.23. The Hall–Kier alpha value is -1.30. The topological polar surface area (TPSA) is 66.9 Å². The summed E-state index contributed by atoms with van der Waals surface area (Å²) in [4.78, 5) is 20.4. The summed E-state index contributed by atoms with van der Waals surface area (Å²) in [6.07, 6.45) is 3.98. The lowest BCUT2D eigenvalue weighted by Gasteiger charge is -2.19. The van der Waals surface area contributed by atoms with Crippen LogP contribution in [0.4, 0.5) is 5.82 Å². The Kier molecular flexibility index (Phi) is 4.41. The lowest BCUT2D eigenvalue weighted by atomic mass is 10.1. The molecule has 6 heteroatoms. The number of carbonyl (C=O) groups excluding carboxylic acids is 1. The van der Waals surface area contributed by atoms with E-state index >= 15 is 0 Å². The molecule has 2 N–H and O–H groups in total.